The molecule has 0 atom stereocenters. The zero-order valence-corrected chi connectivity index (χ0v) is 54.4. The topological polar surface area (TPSA) is 173 Å². The Labute approximate surface area is 585 Å². The molecule has 18 rings (SSSR count). The molecule has 0 saturated carbocycles. The highest BCUT2D eigenvalue weighted by atomic mass is 15.1. The van der Waals surface area contributed by atoms with Crippen LogP contribution in [0.3, 0.4) is 0 Å². The third kappa shape index (κ3) is 11.0. The van der Waals surface area contributed by atoms with Gasteiger partial charge in [0.05, 0.1) is 56.7 Å². The lowest BCUT2D eigenvalue weighted by Gasteiger charge is -2.18. The van der Waals surface area contributed by atoms with Gasteiger partial charge in [-0.1, -0.05) is 224 Å². The van der Waals surface area contributed by atoms with E-state index in [1.807, 2.05) is 200 Å². The molecule has 0 fully saturated rings. The molecule has 102 heavy (non-hydrogen) atoms. The molecule has 13 nitrogen and oxygen atoms in total. The van der Waals surface area contributed by atoms with Gasteiger partial charge in [0.1, 0.15) is 0 Å². The van der Waals surface area contributed by atoms with Crippen LogP contribution in [0.1, 0.15) is 11.1 Å². The normalized spacial score (nSPS) is 11.3. The van der Waals surface area contributed by atoms with E-state index < -0.39 is 0 Å². The zero-order valence-electron chi connectivity index (χ0n) is 54.4. The van der Waals surface area contributed by atoms with E-state index in [0.29, 0.717) is 63.5 Å². The second-order valence-electron chi connectivity index (χ2n) is 24.8. The van der Waals surface area contributed by atoms with Crippen LogP contribution in [-0.4, -0.2) is 54.0 Å². The van der Waals surface area contributed by atoms with Gasteiger partial charge in [0.15, 0.2) is 52.4 Å². The summed E-state index contributed by atoms with van der Waals surface area (Å²) < 4.78 is 4.59. The Morgan fingerprint density at radius 2 is 0.451 bits per heavy atom. The van der Waals surface area contributed by atoms with Crippen molar-refractivity contribution in [1.29, 1.82) is 10.5 Å². The lowest BCUT2D eigenvalue weighted by molar-refractivity contribution is 1.06. The first-order valence-corrected chi connectivity index (χ1v) is 33.4. The Hall–Kier alpha value is -14.5. The van der Waals surface area contributed by atoms with Crippen LogP contribution < -0.4 is 0 Å². The van der Waals surface area contributed by atoms with Gasteiger partial charge in [-0.3, -0.25) is 0 Å². The minimum absolute atomic E-state index is 0.419. The van der Waals surface area contributed by atoms with E-state index >= 15 is 0 Å². The smallest absolute Gasteiger partial charge is 0.166 e. The molecule has 13 heteroatoms. The standard InChI is InChI=1S/C89H53N13/c90-54-56-34-38-58(39-35-56)65-42-46-79(101-75-32-18-16-30-69(75)71-52-67(44-48-77(71)101)86-94-81(60-20-6-1-7-21-60)92-82(95-86)61-22-8-2-9-23-61)73(50-65)88-98-85(64-28-14-5-15-29-64)99-89(100-88)74-51-66(59-40-36-57(55-91)37-41-59)43-47-80(74)102-76-33-19-17-31-70(76)72-53-68(45-49-78(72)102)87-96-83(62-24-10-3-11-25-62)93-84(97-87)63-26-12-4-13-27-63/h1-53H. The van der Waals surface area contributed by atoms with Crippen LogP contribution in [0, 0.1) is 22.7 Å². The molecule has 0 saturated heterocycles. The predicted molar refractivity (Wildman–Crippen MR) is 405 cm³/mol. The van der Waals surface area contributed by atoms with E-state index in [0.717, 1.165) is 127 Å². The number of hydrogen-bond acceptors (Lipinski definition) is 11. The van der Waals surface area contributed by atoms with Gasteiger partial charge in [-0.15, -0.1) is 0 Å². The summed E-state index contributed by atoms with van der Waals surface area (Å²) >= 11 is 0. The molecule has 474 valence electrons. The van der Waals surface area contributed by atoms with Gasteiger partial charge < -0.3 is 9.13 Å². The van der Waals surface area contributed by atoms with Crippen molar-refractivity contribution in [1.82, 2.24) is 54.0 Å². The number of hydrogen-bond donors (Lipinski definition) is 0. The quantitative estimate of drug-likeness (QED) is 0.107. The fourth-order valence-corrected chi connectivity index (χ4v) is 13.6. The Morgan fingerprint density at radius 3 is 0.775 bits per heavy atom. The van der Waals surface area contributed by atoms with E-state index in [1.54, 1.807) is 0 Å². The number of rotatable bonds is 13. The number of nitrogens with zero attached hydrogens (tertiary/aromatic N) is 13. The highest BCUT2D eigenvalue weighted by Gasteiger charge is 2.26. The van der Waals surface area contributed by atoms with Gasteiger partial charge in [0, 0.05) is 71.6 Å². The van der Waals surface area contributed by atoms with E-state index in [9.17, 15) is 10.5 Å². The summed E-state index contributed by atoms with van der Waals surface area (Å²) in [5.41, 5.74) is 17.5. The minimum Gasteiger partial charge on any atom is -0.309 e. The van der Waals surface area contributed by atoms with Crippen LogP contribution >= 0.6 is 0 Å². The van der Waals surface area contributed by atoms with E-state index in [4.69, 9.17) is 44.9 Å². The SMILES string of the molecule is N#Cc1ccc(-c2ccc(-n3c4ccccc4c4cc(-c5nc(-c6ccccc6)nc(-c6ccccc6)n5)ccc43)c(-c3nc(-c4ccccc4)nc(-c4cc(-c5ccc(C#N)cc5)ccc4-n4c5ccccc5c5cc(-c6nc(-c7ccccc7)nc(-c7ccccc7)n6)ccc54)n3)c2)cc1. The molecule has 18 aromatic rings. The third-order valence-electron chi connectivity index (χ3n) is 18.6. The molecule has 0 bridgehead atoms. The number of benzene rings is 13. The summed E-state index contributed by atoms with van der Waals surface area (Å²) in [5.74, 6) is 4.69. The molecule has 0 aliphatic rings. The Kier molecular flexibility index (Phi) is 15.0. The van der Waals surface area contributed by atoms with Gasteiger partial charge in [-0.25, -0.2) is 44.9 Å². The monoisotopic (exact) mass is 1300 g/mol. The second-order valence-corrected chi connectivity index (χ2v) is 24.8. The van der Waals surface area contributed by atoms with Crippen molar-refractivity contribution in [2.24, 2.45) is 0 Å². The van der Waals surface area contributed by atoms with Gasteiger partial charge in [-0.2, -0.15) is 10.5 Å². The van der Waals surface area contributed by atoms with Crippen molar-refractivity contribution in [2.45, 2.75) is 0 Å². The molecular weight excluding hydrogens is 1250 g/mol. The van der Waals surface area contributed by atoms with Crippen LogP contribution in [0.5, 0.6) is 0 Å². The lowest BCUT2D eigenvalue weighted by atomic mass is 9.99. The van der Waals surface area contributed by atoms with Gasteiger partial charge >= 0.3 is 0 Å². The lowest BCUT2D eigenvalue weighted by Crippen LogP contribution is -2.06. The second kappa shape index (κ2) is 25.5. The van der Waals surface area contributed by atoms with Gasteiger partial charge in [0.25, 0.3) is 0 Å². The molecule has 13 aromatic carbocycles. The van der Waals surface area contributed by atoms with E-state index in [-0.39, 0.29) is 0 Å². The highest BCUT2D eigenvalue weighted by Crippen LogP contribution is 2.43. The van der Waals surface area contributed by atoms with Gasteiger partial charge in [-0.05, 0) is 119 Å². The minimum atomic E-state index is 0.419. The average molecular weight is 1300 g/mol. The van der Waals surface area contributed by atoms with Crippen molar-refractivity contribution in [3.8, 4) is 148 Å². The first-order chi connectivity index (χ1) is 50.4. The molecular formula is C89H53N13. The summed E-state index contributed by atoms with van der Waals surface area (Å²) in [6.07, 6.45) is 0. The fraction of sp³-hybridized carbons (Fsp3) is 0. The van der Waals surface area contributed by atoms with Crippen LogP contribution in [0.25, 0.3) is 180 Å². The van der Waals surface area contributed by atoms with Crippen LogP contribution in [0.15, 0.2) is 322 Å². The maximum Gasteiger partial charge on any atom is 0.166 e. The summed E-state index contributed by atoms with van der Waals surface area (Å²) in [5, 5.41) is 23.9. The van der Waals surface area contributed by atoms with Crippen LogP contribution in [0.4, 0.5) is 0 Å². The summed E-state index contributed by atoms with van der Waals surface area (Å²) in [7, 11) is 0. The summed E-state index contributed by atoms with van der Waals surface area (Å²) in [6.45, 7) is 0. The largest absolute Gasteiger partial charge is 0.309 e. The zero-order chi connectivity index (χ0) is 68.0. The van der Waals surface area contributed by atoms with Crippen LogP contribution in [-0.2, 0) is 0 Å². The predicted octanol–water partition coefficient (Wildman–Crippen LogP) is 20.5. The van der Waals surface area contributed by atoms with Crippen LogP contribution in [0.2, 0.25) is 0 Å². The molecule has 0 spiro atoms. The van der Waals surface area contributed by atoms with Crippen molar-refractivity contribution < 1.29 is 0 Å². The third-order valence-corrected chi connectivity index (χ3v) is 18.6. The Bertz CT molecular complexity index is 5880. The summed E-state index contributed by atoms with van der Waals surface area (Å²) in [4.78, 5) is 47.4. The number of aromatic nitrogens is 11. The van der Waals surface area contributed by atoms with E-state index in [1.165, 1.54) is 0 Å². The first-order valence-electron chi connectivity index (χ1n) is 33.4. The molecule has 0 aliphatic heterocycles. The molecule has 5 aromatic heterocycles. The first kappa shape index (κ1) is 59.9. The van der Waals surface area contributed by atoms with Crippen molar-refractivity contribution >= 4 is 43.6 Å². The molecule has 0 radical (unpaired) electrons. The van der Waals surface area contributed by atoms with Gasteiger partial charge in [0.2, 0.25) is 0 Å². The Balaban J connectivity index is 0.861. The molecule has 0 amide bonds. The fourth-order valence-electron chi connectivity index (χ4n) is 13.6. The molecule has 0 aliphatic carbocycles. The number of para-hydroxylation sites is 2. The molecule has 5 heterocycles. The maximum atomic E-state index is 9.97. The average Bonchev–Trinajstić information content (AvgIpc) is 1.60. The van der Waals surface area contributed by atoms with E-state index in [2.05, 4.69) is 143 Å². The van der Waals surface area contributed by atoms with Crippen molar-refractivity contribution in [3.63, 3.8) is 0 Å². The molecule has 0 N–H and O–H groups in total. The number of nitriles is 2. The summed E-state index contributed by atoms with van der Waals surface area (Å²) in [6, 6.07) is 112. The van der Waals surface area contributed by atoms with Crippen molar-refractivity contribution in [2.75, 3.05) is 0 Å². The highest BCUT2D eigenvalue weighted by molar-refractivity contribution is 6.12. The van der Waals surface area contributed by atoms with Crippen molar-refractivity contribution in [3.05, 3.63) is 333 Å². The molecule has 0 unspecified atom stereocenters. The number of fused-ring (bicyclic) bond motifs is 6. The maximum absolute atomic E-state index is 9.97. The Morgan fingerprint density at radius 1 is 0.196 bits per heavy atom.